The number of carbonyl (C=O) groups excluding carboxylic acids is 1. The lowest BCUT2D eigenvalue weighted by Gasteiger charge is -2.29. The van der Waals surface area contributed by atoms with E-state index in [0.29, 0.717) is 45.2 Å². The predicted molar refractivity (Wildman–Crippen MR) is 163 cm³/mol. The highest BCUT2D eigenvalue weighted by molar-refractivity contribution is 7.07. The zero-order valence-corrected chi connectivity index (χ0v) is 24.3. The smallest absolute Gasteiger partial charge is 0.271 e. The number of allylic oxidation sites excluding steroid dienone is 1. The van der Waals surface area contributed by atoms with E-state index in [2.05, 4.69) is 5.92 Å². The molecule has 1 amide bonds. The number of nitrogens with zero attached hydrogens (tertiary/aromatic N) is 3. The van der Waals surface area contributed by atoms with E-state index in [-0.39, 0.29) is 18.1 Å². The summed E-state index contributed by atoms with van der Waals surface area (Å²) in [5.74, 6) is 3.53. The normalized spacial score (nSPS) is 14.8. The van der Waals surface area contributed by atoms with Gasteiger partial charge in [-0.2, -0.15) is 0 Å². The second-order valence-corrected chi connectivity index (χ2v) is 10.5. The van der Waals surface area contributed by atoms with Gasteiger partial charge < -0.3 is 14.4 Å². The molecule has 208 valence electrons. The molecular formula is C33H31N3O4S. The van der Waals surface area contributed by atoms with E-state index in [1.54, 1.807) is 16.6 Å². The van der Waals surface area contributed by atoms with Gasteiger partial charge in [-0.1, -0.05) is 65.8 Å². The number of ether oxygens (including phenoxy) is 2. The fraction of sp³-hybridized carbons (Fsp3) is 0.242. The Bertz CT molecular complexity index is 1890. The average molecular weight is 566 g/mol. The van der Waals surface area contributed by atoms with Crippen molar-refractivity contribution in [2.24, 2.45) is 4.99 Å². The SMILES string of the molecule is C#CCOc1ccc2ccccc2c1C=c1sc2n(c1=O)C(c1ccccc1OC)C(C(=O)N(CC)CC)=C(C)N=2. The molecule has 5 rings (SSSR count). The van der Waals surface area contributed by atoms with Crippen molar-refractivity contribution >= 4 is 34.1 Å². The van der Waals surface area contributed by atoms with E-state index in [9.17, 15) is 9.59 Å². The molecule has 0 saturated heterocycles. The summed E-state index contributed by atoms with van der Waals surface area (Å²) >= 11 is 1.28. The molecule has 1 aliphatic heterocycles. The largest absolute Gasteiger partial charge is 0.496 e. The Morgan fingerprint density at radius 1 is 1.10 bits per heavy atom. The van der Waals surface area contributed by atoms with Crippen molar-refractivity contribution in [3.05, 3.63) is 103 Å². The second-order valence-electron chi connectivity index (χ2n) is 9.49. The highest BCUT2D eigenvalue weighted by atomic mass is 32.1. The Morgan fingerprint density at radius 2 is 1.83 bits per heavy atom. The lowest BCUT2D eigenvalue weighted by atomic mass is 9.94. The monoisotopic (exact) mass is 565 g/mol. The standard InChI is InChI=1S/C33H31N3O4S/c1-6-19-40-27-18-17-22-13-9-10-14-23(22)25(27)20-28-31(37)36-30(24-15-11-12-16-26(24)39-5)29(21(4)34-33(36)41-28)32(38)35(7-2)8-3/h1,9-18,20,30H,7-8,19H2,2-5H3. The van der Waals surface area contributed by atoms with Crippen LogP contribution in [-0.4, -0.2) is 42.2 Å². The van der Waals surface area contributed by atoms with E-state index < -0.39 is 6.04 Å². The number of para-hydroxylation sites is 1. The topological polar surface area (TPSA) is 73.1 Å². The Balaban J connectivity index is 1.80. The van der Waals surface area contributed by atoms with Gasteiger partial charge in [0.05, 0.1) is 22.9 Å². The molecule has 3 aromatic carbocycles. The third kappa shape index (κ3) is 5.05. The third-order valence-electron chi connectivity index (χ3n) is 7.25. The third-order valence-corrected chi connectivity index (χ3v) is 8.24. The molecule has 0 fully saturated rings. The van der Waals surface area contributed by atoms with Crippen LogP contribution in [0.5, 0.6) is 11.5 Å². The number of amides is 1. The fourth-order valence-electron chi connectivity index (χ4n) is 5.26. The van der Waals surface area contributed by atoms with Crippen molar-refractivity contribution in [3.8, 4) is 23.8 Å². The molecule has 7 nitrogen and oxygen atoms in total. The number of thiazole rings is 1. The highest BCUT2D eigenvalue weighted by Gasteiger charge is 2.35. The number of terminal acetylenes is 1. The maximum absolute atomic E-state index is 14.3. The maximum Gasteiger partial charge on any atom is 0.271 e. The Morgan fingerprint density at radius 3 is 2.56 bits per heavy atom. The van der Waals surface area contributed by atoms with Crippen LogP contribution in [0.2, 0.25) is 0 Å². The fourth-order valence-corrected chi connectivity index (χ4v) is 6.29. The number of hydrogen-bond donors (Lipinski definition) is 0. The lowest BCUT2D eigenvalue weighted by Crippen LogP contribution is -2.43. The Labute approximate surface area is 242 Å². The van der Waals surface area contributed by atoms with E-state index in [0.717, 1.165) is 21.9 Å². The van der Waals surface area contributed by atoms with Crippen LogP contribution in [0.25, 0.3) is 16.8 Å². The van der Waals surface area contributed by atoms with Gasteiger partial charge in [-0.25, -0.2) is 4.99 Å². The van der Waals surface area contributed by atoms with Crippen LogP contribution in [0.1, 0.15) is 37.9 Å². The first-order valence-corrected chi connectivity index (χ1v) is 14.3. The number of likely N-dealkylation sites (N-methyl/N-ethyl adjacent to an activating group) is 1. The van der Waals surface area contributed by atoms with Crippen LogP contribution < -0.4 is 24.4 Å². The van der Waals surface area contributed by atoms with Crippen molar-refractivity contribution < 1.29 is 14.3 Å². The molecule has 0 radical (unpaired) electrons. The molecule has 0 spiro atoms. The molecule has 0 N–H and O–H groups in total. The average Bonchev–Trinajstić information content (AvgIpc) is 3.30. The molecule has 1 unspecified atom stereocenters. The number of hydrogen-bond acceptors (Lipinski definition) is 6. The van der Waals surface area contributed by atoms with Gasteiger partial charge >= 0.3 is 0 Å². The minimum Gasteiger partial charge on any atom is -0.496 e. The molecule has 0 bridgehead atoms. The van der Waals surface area contributed by atoms with Gasteiger partial charge in [0.2, 0.25) is 0 Å². The molecule has 1 aliphatic rings. The number of rotatable bonds is 8. The van der Waals surface area contributed by atoms with Gasteiger partial charge in [0.1, 0.15) is 24.1 Å². The lowest BCUT2D eigenvalue weighted by molar-refractivity contribution is -0.127. The molecule has 2 heterocycles. The number of benzene rings is 3. The number of aromatic nitrogens is 1. The van der Waals surface area contributed by atoms with Gasteiger partial charge in [0.25, 0.3) is 11.5 Å². The van der Waals surface area contributed by atoms with Crippen LogP contribution in [0.15, 0.2) is 81.7 Å². The van der Waals surface area contributed by atoms with Crippen molar-refractivity contribution in [2.75, 3.05) is 26.8 Å². The first-order valence-electron chi connectivity index (χ1n) is 13.5. The summed E-state index contributed by atoms with van der Waals surface area (Å²) in [5.41, 5.74) is 2.26. The first-order chi connectivity index (χ1) is 19.9. The summed E-state index contributed by atoms with van der Waals surface area (Å²) in [4.78, 5) is 35.2. The van der Waals surface area contributed by atoms with Crippen molar-refractivity contribution in [2.45, 2.75) is 26.8 Å². The molecule has 0 saturated carbocycles. The van der Waals surface area contributed by atoms with Gasteiger partial charge in [-0.3, -0.25) is 14.2 Å². The Hall–Kier alpha value is -4.61. The maximum atomic E-state index is 14.3. The summed E-state index contributed by atoms with van der Waals surface area (Å²) < 4.78 is 13.7. The Kier molecular flexibility index (Phi) is 8.09. The molecular weight excluding hydrogens is 534 g/mol. The van der Waals surface area contributed by atoms with Crippen LogP contribution in [0, 0.1) is 12.3 Å². The van der Waals surface area contributed by atoms with Gasteiger partial charge in [-0.15, -0.1) is 6.42 Å². The van der Waals surface area contributed by atoms with Gasteiger partial charge in [-0.05, 0) is 49.8 Å². The van der Waals surface area contributed by atoms with Crippen molar-refractivity contribution in [1.82, 2.24) is 9.47 Å². The summed E-state index contributed by atoms with van der Waals surface area (Å²) in [6, 6.07) is 18.5. The van der Waals surface area contributed by atoms with Crippen LogP contribution in [0.3, 0.4) is 0 Å². The van der Waals surface area contributed by atoms with Gasteiger partial charge in [0, 0.05) is 24.2 Å². The van der Waals surface area contributed by atoms with E-state index >= 15 is 0 Å². The highest BCUT2D eigenvalue weighted by Crippen LogP contribution is 2.36. The summed E-state index contributed by atoms with van der Waals surface area (Å²) in [5, 5.41) is 1.94. The summed E-state index contributed by atoms with van der Waals surface area (Å²) in [6.07, 6.45) is 7.31. The van der Waals surface area contributed by atoms with Crippen molar-refractivity contribution in [1.29, 1.82) is 0 Å². The zero-order chi connectivity index (χ0) is 29.1. The zero-order valence-electron chi connectivity index (χ0n) is 23.5. The molecule has 1 aromatic heterocycles. The molecule has 0 aliphatic carbocycles. The summed E-state index contributed by atoms with van der Waals surface area (Å²) in [6.45, 7) is 6.88. The minimum absolute atomic E-state index is 0.101. The van der Waals surface area contributed by atoms with Crippen LogP contribution in [-0.2, 0) is 4.79 Å². The predicted octanol–water partition coefficient (Wildman–Crippen LogP) is 4.28. The van der Waals surface area contributed by atoms with Crippen LogP contribution >= 0.6 is 11.3 Å². The molecule has 8 heteroatoms. The van der Waals surface area contributed by atoms with E-state index in [1.165, 1.54) is 11.3 Å². The molecule has 41 heavy (non-hydrogen) atoms. The first kappa shape index (κ1) is 27.9. The van der Waals surface area contributed by atoms with Crippen molar-refractivity contribution in [3.63, 3.8) is 0 Å². The van der Waals surface area contributed by atoms with Gasteiger partial charge in [0.15, 0.2) is 4.80 Å². The minimum atomic E-state index is -0.706. The number of fused-ring (bicyclic) bond motifs is 2. The number of methoxy groups -OCH3 is 1. The van der Waals surface area contributed by atoms with E-state index in [1.807, 2.05) is 87.5 Å². The summed E-state index contributed by atoms with van der Waals surface area (Å²) in [7, 11) is 1.59. The molecule has 1 atom stereocenters. The van der Waals surface area contributed by atoms with E-state index in [4.69, 9.17) is 20.9 Å². The molecule has 4 aromatic rings. The number of carbonyl (C=O) groups is 1. The van der Waals surface area contributed by atoms with Crippen LogP contribution in [0.4, 0.5) is 0 Å². The quantitative estimate of drug-likeness (QED) is 0.299. The second kappa shape index (κ2) is 11.9.